The highest BCUT2D eigenvalue weighted by molar-refractivity contribution is 5.12. The Morgan fingerprint density at radius 2 is 1.38 bits per heavy atom. The second-order valence-electron chi connectivity index (χ2n) is 16.4. The molecule has 4 fully saturated rings. The minimum absolute atomic E-state index is 0.0909. The van der Waals surface area contributed by atoms with E-state index in [2.05, 4.69) is 50.6 Å². The molecule has 0 aliphatic heterocycles. The highest BCUT2D eigenvalue weighted by atomic mass is 16.3. The number of hydrogen-bond donors (Lipinski definition) is 5. The Morgan fingerprint density at radius 3 is 2.10 bits per heavy atom. The summed E-state index contributed by atoms with van der Waals surface area (Å²) in [5, 5.41) is 22.1. The zero-order chi connectivity index (χ0) is 30.2. The van der Waals surface area contributed by atoms with Crippen LogP contribution in [0.1, 0.15) is 131 Å². The molecule has 0 aromatic heterocycles. The number of nitrogens with one attached hydrogen (secondary N) is 3. The van der Waals surface area contributed by atoms with Gasteiger partial charge in [-0.2, -0.15) is 0 Å². The molecule has 4 saturated carbocycles. The van der Waals surface area contributed by atoms with Gasteiger partial charge in [0.2, 0.25) is 0 Å². The average molecular weight is 589 g/mol. The molecule has 0 saturated heterocycles. The molecule has 6 N–H and O–H groups in total. The number of aliphatic hydroxyl groups is 1. The SMILES string of the molecule is CC(C)CCC[C@@H](C)[C@H]1CC[C@H]2[C@@H]3CC(NCCCNCCCCNCCCN)C4C[C@@H](O)CC[C@]4(C)[C@H]3CC[C@]12C. The van der Waals surface area contributed by atoms with Crippen LogP contribution in [0.5, 0.6) is 0 Å². The molecule has 4 rings (SSSR count). The molecule has 42 heavy (non-hydrogen) atoms. The fraction of sp³-hybridized carbons (Fsp3) is 1.00. The van der Waals surface area contributed by atoms with Crippen LogP contribution < -0.4 is 21.7 Å². The van der Waals surface area contributed by atoms with Gasteiger partial charge in [0.15, 0.2) is 0 Å². The molecule has 0 spiro atoms. The van der Waals surface area contributed by atoms with Crippen molar-refractivity contribution in [2.45, 2.75) is 143 Å². The van der Waals surface area contributed by atoms with E-state index in [-0.39, 0.29) is 6.10 Å². The van der Waals surface area contributed by atoms with Crippen LogP contribution in [0.15, 0.2) is 0 Å². The minimum Gasteiger partial charge on any atom is -0.393 e. The molecule has 0 amide bonds. The Labute approximate surface area is 261 Å². The van der Waals surface area contributed by atoms with Crippen molar-refractivity contribution in [3.8, 4) is 0 Å². The van der Waals surface area contributed by atoms with Gasteiger partial charge in [-0.3, -0.25) is 0 Å². The second-order valence-corrected chi connectivity index (χ2v) is 16.4. The van der Waals surface area contributed by atoms with Gasteiger partial charge in [0.05, 0.1) is 6.10 Å². The summed E-state index contributed by atoms with van der Waals surface area (Å²) in [5.74, 6) is 5.93. The quantitative estimate of drug-likeness (QED) is 0.115. The molecular weight excluding hydrogens is 516 g/mol. The monoisotopic (exact) mass is 589 g/mol. The predicted octanol–water partition coefficient (Wildman–Crippen LogP) is 6.74. The van der Waals surface area contributed by atoms with Crippen molar-refractivity contribution in [3.05, 3.63) is 0 Å². The van der Waals surface area contributed by atoms with Crippen molar-refractivity contribution in [2.24, 2.45) is 58.0 Å². The van der Waals surface area contributed by atoms with Crippen molar-refractivity contribution in [1.29, 1.82) is 0 Å². The Kier molecular flexibility index (Phi) is 13.5. The summed E-state index contributed by atoms with van der Waals surface area (Å²) in [5.41, 5.74) is 6.51. The van der Waals surface area contributed by atoms with E-state index in [1.54, 1.807) is 0 Å². The van der Waals surface area contributed by atoms with E-state index in [4.69, 9.17) is 5.73 Å². The lowest BCUT2D eigenvalue weighted by molar-refractivity contribution is -0.141. The molecule has 0 radical (unpaired) electrons. The number of unbranched alkanes of at least 4 members (excludes halogenated alkanes) is 1. The Bertz CT molecular complexity index is 777. The third kappa shape index (κ3) is 8.33. The number of rotatable bonds is 18. The van der Waals surface area contributed by atoms with Crippen LogP contribution in [0.4, 0.5) is 0 Å². The van der Waals surface area contributed by atoms with Crippen molar-refractivity contribution in [1.82, 2.24) is 16.0 Å². The summed E-state index contributed by atoms with van der Waals surface area (Å²) in [6, 6.07) is 0.579. The predicted molar refractivity (Wildman–Crippen MR) is 180 cm³/mol. The molecule has 0 aromatic rings. The van der Waals surface area contributed by atoms with Crippen LogP contribution in [0.2, 0.25) is 0 Å². The van der Waals surface area contributed by atoms with Crippen molar-refractivity contribution in [2.75, 3.05) is 39.3 Å². The van der Waals surface area contributed by atoms with E-state index in [0.29, 0.717) is 22.8 Å². The van der Waals surface area contributed by atoms with E-state index < -0.39 is 0 Å². The van der Waals surface area contributed by atoms with Crippen molar-refractivity contribution in [3.63, 3.8) is 0 Å². The second kappa shape index (κ2) is 16.4. The van der Waals surface area contributed by atoms with E-state index in [1.807, 2.05) is 0 Å². The summed E-state index contributed by atoms with van der Waals surface area (Å²) in [4.78, 5) is 0. The maximum Gasteiger partial charge on any atom is 0.0543 e. The van der Waals surface area contributed by atoms with Gasteiger partial charge in [0.25, 0.3) is 0 Å². The van der Waals surface area contributed by atoms with Gasteiger partial charge in [-0.15, -0.1) is 0 Å². The molecule has 5 nitrogen and oxygen atoms in total. The molecule has 246 valence electrons. The van der Waals surface area contributed by atoms with Gasteiger partial charge in [0, 0.05) is 6.04 Å². The molecule has 4 aliphatic carbocycles. The lowest BCUT2D eigenvalue weighted by Gasteiger charge is -2.63. The average Bonchev–Trinajstić information content (AvgIpc) is 3.31. The van der Waals surface area contributed by atoms with Gasteiger partial charge in [-0.1, -0.05) is 53.9 Å². The molecule has 5 heteroatoms. The van der Waals surface area contributed by atoms with E-state index in [9.17, 15) is 5.11 Å². The van der Waals surface area contributed by atoms with E-state index in [1.165, 1.54) is 77.0 Å². The number of hydrogen-bond acceptors (Lipinski definition) is 5. The molecule has 2 unspecified atom stereocenters. The zero-order valence-electron chi connectivity index (χ0n) is 28.6. The first kappa shape index (κ1) is 34.7. The first-order valence-electron chi connectivity index (χ1n) is 18.7. The van der Waals surface area contributed by atoms with E-state index >= 15 is 0 Å². The van der Waals surface area contributed by atoms with Gasteiger partial charge in [-0.05, 0) is 169 Å². The number of aliphatic hydroxyl groups excluding tert-OH is 1. The van der Waals surface area contributed by atoms with Crippen LogP contribution in [-0.2, 0) is 0 Å². The largest absolute Gasteiger partial charge is 0.393 e. The molecule has 4 aliphatic rings. The standard InChI is InChI=1S/C37H72N4O/c1-27(2)11-8-12-28(3)31-13-14-32-30-26-35(41-24-10-23-40-21-7-6-20-39-22-9-19-38)34-25-29(42)15-17-37(34,5)33(30)16-18-36(31,32)4/h27-35,39-42H,6-26,38H2,1-5H3/t28-,29+,30+,31-,32+,33+,34?,35?,36-,37-/m1/s1. The number of nitrogens with two attached hydrogens (primary N) is 1. The highest BCUT2D eigenvalue weighted by Crippen LogP contribution is 2.68. The van der Waals surface area contributed by atoms with Crippen molar-refractivity contribution >= 4 is 0 Å². The van der Waals surface area contributed by atoms with Gasteiger partial charge < -0.3 is 26.8 Å². The topological polar surface area (TPSA) is 82.3 Å². The molecule has 0 bridgehead atoms. The first-order chi connectivity index (χ1) is 20.2. The maximum absolute atomic E-state index is 10.8. The van der Waals surface area contributed by atoms with Crippen LogP contribution in [0, 0.1) is 52.3 Å². The summed E-state index contributed by atoms with van der Waals surface area (Å²) < 4.78 is 0. The fourth-order valence-corrected chi connectivity index (χ4v) is 11.0. The molecule has 0 aromatic carbocycles. The summed E-state index contributed by atoms with van der Waals surface area (Å²) in [6.07, 6.45) is 19.4. The lowest BCUT2D eigenvalue weighted by Crippen LogP contribution is -2.61. The van der Waals surface area contributed by atoms with Crippen LogP contribution in [-0.4, -0.2) is 56.5 Å². The highest BCUT2D eigenvalue weighted by Gasteiger charge is 2.62. The van der Waals surface area contributed by atoms with E-state index in [0.717, 1.165) is 94.0 Å². The van der Waals surface area contributed by atoms with Gasteiger partial charge >= 0.3 is 0 Å². The Morgan fingerprint density at radius 1 is 0.714 bits per heavy atom. The Balaban J connectivity index is 1.30. The smallest absolute Gasteiger partial charge is 0.0543 e. The summed E-state index contributed by atoms with van der Waals surface area (Å²) in [6.45, 7) is 19.0. The van der Waals surface area contributed by atoms with Crippen molar-refractivity contribution < 1.29 is 5.11 Å². The van der Waals surface area contributed by atoms with Gasteiger partial charge in [0.1, 0.15) is 0 Å². The van der Waals surface area contributed by atoms with Crippen LogP contribution in [0.3, 0.4) is 0 Å². The molecule has 10 atom stereocenters. The molecule has 0 heterocycles. The Hall–Kier alpha value is -0.200. The lowest BCUT2D eigenvalue weighted by atomic mass is 9.43. The summed E-state index contributed by atoms with van der Waals surface area (Å²) >= 11 is 0. The van der Waals surface area contributed by atoms with Gasteiger partial charge in [-0.25, -0.2) is 0 Å². The van der Waals surface area contributed by atoms with Crippen LogP contribution >= 0.6 is 0 Å². The summed E-state index contributed by atoms with van der Waals surface area (Å²) in [7, 11) is 0. The molecular formula is C37H72N4O. The fourth-order valence-electron chi connectivity index (χ4n) is 11.0. The third-order valence-electron chi connectivity index (χ3n) is 13.3. The first-order valence-corrected chi connectivity index (χ1v) is 18.7. The normalized spacial score (nSPS) is 38.7. The zero-order valence-corrected chi connectivity index (χ0v) is 28.6. The third-order valence-corrected chi connectivity index (χ3v) is 13.3. The van der Waals surface area contributed by atoms with Crippen LogP contribution in [0.25, 0.3) is 0 Å². The number of fused-ring (bicyclic) bond motifs is 5. The maximum atomic E-state index is 10.8. The minimum atomic E-state index is -0.0909.